The van der Waals surface area contributed by atoms with Gasteiger partial charge in [0.05, 0.1) is 7.11 Å². The first-order chi connectivity index (χ1) is 14.0. The summed E-state index contributed by atoms with van der Waals surface area (Å²) in [7, 11) is 1.63. The number of hydrogen-bond acceptors (Lipinski definition) is 3. The number of piperidine rings is 1. The molecule has 2 amide bonds. The Kier molecular flexibility index (Phi) is 7.28. The number of benzene rings is 2. The average Bonchev–Trinajstić information content (AvgIpc) is 2.75. The molecule has 1 N–H and O–H groups in total. The third-order valence-electron chi connectivity index (χ3n) is 5.57. The Balaban J connectivity index is 1.45. The molecular weight excluding hydrogens is 364 g/mol. The van der Waals surface area contributed by atoms with Crippen LogP contribution in [0.3, 0.4) is 0 Å². The molecule has 1 aliphatic heterocycles. The van der Waals surface area contributed by atoms with Crippen LogP contribution in [0.25, 0.3) is 0 Å². The van der Waals surface area contributed by atoms with Crippen molar-refractivity contribution in [1.29, 1.82) is 0 Å². The molecule has 0 atom stereocenters. The number of ether oxygens (including phenoxy) is 1. The molecule has 0 spiro atoms. The van der Waals surface area contributed by atoms with Crippen LogP contribution in [0, 0.1) is 5.92 Å². The van der Waals surface area contributed by atoms with E-state index in [-0.39, 0.29) is 11.8 Å². The lowest BCUT2D eigenvalue weighted by atomic mass is 9.89. The third kappa shape index (κ3) is 6.08. The van der Waals surface area contributed by atoms with Crippen molar-refractivity contribution in [3.63, 3.8) is 0 Å². The summed E-state index contributed by atoms with van der Waals surface area (Å²) in [6.07, 6.45) is 3.97. The van der Waals surface area contributed by atoms with Crippen LogP contribution in [0.2, 0.25) is 0 Å². The van der Waals surface area contributed by atoms with E-state index in [1.54, 1.807) is 14.0 Å². The van der Waals surface area contributed by atoms with Crippen LogP contribution in [0.15, 0.2) is 48.5 Å². The lowest BCUT2D eigenvalue weighted by Crippen LogP contribution is -2.38. The highest BCUT2D eigenvalue weighted by atomic mass is 16.5. The summed E-state index contributed by atoms with van der Waals surface area (Å²) in [5.74, 6) is 1.50. The van der Waals surface area contributed by atoms with Crippen molar-refractivity contribution >= 4 is 11.8 Å². The largest absolute Gasteiger partial charge is 0.497 e. The number of carbonyl (C=O) groups excluding carboxylic acids is 2. The van der Waals surface area contributed by atoms with Crippen LogP contribution in [0.1, 0.15) is 41.3 Å². The molecule has 0 aliphatic carbocycles. The van der Waals surface area contributed by atoms with Crippen molar-refractivity contribution in [1.82, 2.24) is 10.2 Å². The molecular formula is C24H30N2O3. The molecule has 0 radical (unpaired) electrons. The number of rotatable bonds is 7. The molecule has 1 saturated heterocycles. The lowest BCUT2D eigenvalue weighted by molar-refractivity contribution is -0.118. The second-order valence-corrected chi connectivity index (χ2v) is 7.72. The summed E-state index contributed by atoms with van der Waals surface area (Å²) in [5, 5.41) is 2.83. The quantitative estimate of drug-likeness (QED) is 0.782. The Bertz CT molecular complexity index is 807. The first-order valence-corrected chi connectivity index (χ1v) is 10.3. The number of carbonyl (C=O) groups is 2. The minimum absolute atomic E-state index is 0.0124. The molecule has 0 saturated carbocycles. The highest BCUT2D eigenvalue weighted by molar-refractivity contribution is 5.94. The summed E-state index contributed by atoms with van der Waals surface area (Å²) >= 11 is 0. The third-order valence-corrected chi connectivity index (χ3v) is 5.57. The topological polar surface area (TPSA) is 58.6 Å². The van der Waals surface area contributed by atoms with E-state index in [4.69, 9.17) is 4.74 Å². The van der Waals surface area contributed by atoms with Gasteiger partial charge in [-0.15, -0.1) is 0 Å². The van der Waals surface area contributed by atoms with E-state index in [9.17, 15) is 9.59 Å². The Morgan fingerprint density at radius 1 is 1.00 bits per heavy atom. The van der Waals surface area contributed by atoms with Crippen LogP contribution >= 0.6 is 0 Å². The molecule has 2 aromatic rings. The minimum atomic E-state index is 0.0124. The zero-order chi connectivity index (χ0) is 20.6. The lowest BCUT2D eigenvalue weighted by Gasteiger charge is -2.32. The molecule has 0 bridgehead atoms. The van der Waals surface area contributed by atoms with Gasteiger partial charge in [-0.2, -0.15) is 0 Å². The molecule has 29 heavy (non-hydrogen) atoms. The summed E-state index contributed by atoms with van der Waals surface area (Å²) in [6.45, 7) is 3.84. The average molecular weight is 395 g/mol. The molecule has 1 heterocycles. The van der Waals surface area contributed by atoms with Gasteiger partial charge < -0.3 is 15.0 Å². The summed E-state index contributed by atoms with van der Waals surface area (Å²) in [6, 6.07) is 16.0. The second-order valence-electron chi connectivity index (χ2n) is 7.72. The summed E-state index contributed by atoms with van der Waals surface area (Å²) in [4.78, 5) is 25.6. The van der Waals surface area contributed by atoms with Crippen molar-refractivity contribution < 1.29 is 14.3 Å². The van der Waals surface area contributed by atoms with E-state index >= 15 is 0 Å². The number of nitrogens with one attached hydrogen (secondary N) is 1. The van der Waals surface area contributed by atoms with Crippen LogP contribution < -0.4 is 10.1 Å². The summed E-state index contributed by atoms with van der Waals surface area (Å²) in [5.41, 5.74) is 3.30. The van der Waals surface area contributed by atoms with Crippen molar-refractivity contribution in [2.45, 2.75) is 32.6 Å². The number of nitrogens with zero attached hydrogens (tertiary/aromatic N) is 1. The molecule has 5 heteroatoms. The van der Waals surface area contributed by atoms with Crippen LogP contribution in [0.5, 0.6) is 5.75 Å². The number of amides is 2. The molecule has 0 aromatic heterocycles. The maximum atomic E-state index is 12.7. The van der Waals surface area contributed by atoms with Crippen molar-refractivity contribution in [3.8, 4) is 5.75 Å². The molecule has 1 aliphatic rings. The second kappa shape index (κ2) is 10.1. The Labute approximate surface area is 173 Å². The fourth-order valence-electron chi connectivity index (χ4n) is 3.81. The number of likely N-dealkylation sites (tertiary alicyclic amines) is 1. The predicted molar refractivity (Wildman–Crippen MR) is 114 cm³/mol. The van der Waals surface area contributed by atoms with Gasteiger partial charge >= 0.3 is 0 Å². The first kappa shape index (κ1) is 20.9. The zero-order valence-electron chi connectivity index (χ0n) is 17.3. The van der Waals surface area contributed by atoms with Crippen LogP contribution in [-0.4, -0.2) is 43.5 Å². The Hall–Kier alpha value is -2.82. The fraction of sp³-hybridized carbons (Fsp3) is 0.417. The molecule has 154 valence electrons. The highest BCUT2D eigenvalue weighted by Gasteiger charge is 2.23. The smallest absolute Gasteiger partial charge is 0.253 e. The molecule has 5 nitrogen and oxygen atoms in total. The summed E-state index contributed by atoms with van der Waals surface area (Å²) < 4.78 is 5.16. The highest BCUT2D eigenvalue weighted by Crippen LogP contribution is 2.23. The van der Waals surface area contributed by atoms with E-state index in [1.807, 2.05) is 29.2 Å². The van der Waals surface area contributed by atoms with E-state index in [0.29, 0.717) is 12.5 Å². The Morgan fingerprint density at radius 2 is 1.62 bits per heavy atom. The van der Waals surface area contributed by atoms with Gasteiger partial charge in [-0.25, -0.2) is 0 Å². The minimum Gasteiger partial charge on any atom is -0.497 e. The molecule has 1 fully saturated rings. The number of methoxy groups -OCH3 is 1. The SMILES string of the molecule is COc1ccc(C(=O)N2CCC(Cc3ccc(CCNC(C)=O)cc3)CC2)cc1. The van der Waals surface area contributed by atoms with Gasteiger partial charge in [-0.3, -0.25) is 9.59 Å². The van der Waals surface area contributed by atoms with Gasteiger partial charge in [-0.05, 0) is 67.0 Å². The zero-order valence-corrected chi connectivity index (χ0v) is 17.3. The van der Waals surface area contributed by atoms with E-state index < -0.39 is 0 Å². The fourth-order valence-corrected chi connectivity index (χ4v) is 3.81. The van der Waals surface area contributed by atoms with E-state index in [1.165, 1.54) is 11.1 Å². The van der Waals surface area contributed by atoms with Gasteiger partial charge in [0, 0.05) is 32.1 Å². The van der Waals surface area contributed by atoms with Crippen molar-refractivity contribution in [3.05, 3.63) is 65.2 Å². The maximum Gasteiger partial charge on any atom is 0.253 e. The van der Waals surface area contributed by atoms with Crippen molar-refractivity contribution in [2.24, 2.45) is 5.92 Å². The van der Waals surface area contributed by atoms with Crippen LogP contribution in [-0.2, 0) is 17.6 Å². The Morgan fingerprint density at radius 3 is 2.21 bits per heavy atom. The normalized spacial score (nSPS) is 14.5. The molecule has 0 unspecified atom stereocenters. The van der Waals surface area contributed by atoms with Gasteiger partial charge in [0.15, 0.2) is 0 Å². The van der Waals surface area contributed by atoms with Crippen molar-refractivity contribution in [2.75, 3.05) is 26.7 Å². The monoisotopic (exact) mass is 394 g/mol. The van der Waals surface area contributed by atoms with Gasteiger partial charge in [0.1, 0.15) is 5.75 Å². The standard InChI is InChI=1S/C24H30N2O3/c1-18(27)25-14-11-19-3-5-20(6-4-19)17-21-12-15-26(16-13-21)24(28)22-7-9-23(29-2)10-8-22/h3-10,21H,11-17H2,1-2H3,(H,25,27). The molecule has 2 aromatic carbocycles. The molecule has 3 rings (SSSR count). The van der Waals surface area contributed by atoms with E-state index in [2.05, 4.69) is 29.6 Å². The van der Waals surface area contributed by atoms with Gasteiger partial charge in [0.2, 0.25) is 5.91 Å². The number of hydrogen-bond donors (Lipinski definition) is 1. The van der Waals surface area contributed by atoms with Gasteiger partial charge in [0.25, 0.3) is 5.91 Å². The van der Waals surface area contributed by atoms with Gasteiger partial charge in [-0.1, -0.05) is 24.3 Å². The first-order valence-electron chi connectivity index (χ1n) is 10.3. The van der Waals surface area contributed by atoms with E-state index in [0.717, 1.165) is 50.1 Å². The predicted octanol–water partition coefficient (Wildman–Crippen LogP) is 3.47. The van der Waals surface area contributed by atoms with Crippen LogP contribution in [0.4, 0.5) is 0 Å². The maximum absolute atomic E-state index is 12.7.